The molecule has 2 rings (SSSR count). The topological polar surface area (TPSA) is 84.0 Å². The van der Waals surface area contributed by atoms with Crippen LogP contribution >= 0.6 is 24.0 Å². The molecule has 1 aliphatic rings. The SMILES string of the molecule is CCNC(=NCc1ccc2c(c1)OCO2)NCCNC(C)=O.I. The van der Waals surface area contributed by atoms with E-state index in [1.54, 1.807) is 0 Å². The van der Waals surface area contributed by atoms with Crippen molar-refractivity contribution in [1.82, 2.24) is 16.0 Å². The molecule has 1 heterocycles. The second-order valence-corrected chi connectivity index (χ2v) is 4.79. The van der Waals surface area contributed by atoms with E-state index in [0.29, 0.717) is 25.6 Å². The van der Waals surface area contributed by atoms with Crippen molar-refractivity contribution in [2.75, 3.05) is 26.4 Å². The lowest BCUT2D eigenvalue weighted by molar-refractivity contribution is -0.118. The summed E-state index contributed by atoms with van der Waals surface area (Å²) in [6.07, 6.45) is 0. The number of carbonyl (C=O) groups is 1. The summed E-state index contributed by atoms with van der Waals surface area (Å²) in [5, 5.41) is 9.06. The van der Waals surface area contributed by atoms with Gasteiger partial charge in [-0.05, 0) is 24.6 Å². The van der Waals surface area contributed by atoms with E-state index in [2.05, 4.69) is 20.9 Å². The van der Waals surface area contributed by atoms with Crippen molar-refractivity contribution in [2.45, 2.75) is 20.4 Å². The number of aliphatic imine (C=N–C) groups is 1. The van der Waals surface area contributed by atoms with E-state index < -0.39 is 0 Å². The predicted molar refractivity (Wildman–Crippen MR) is 99.5 cm³/mol. The summed E-state index contributed by atoms with van der Waals surface area (Å²) in [6.45, 7) is 6.26. The largest absolute Gasteiger partial charge is 0.454 e. The second kappa shape index (κ2) is 10.1. The number of nitrogens with zero attached hydrogens (tertiary/aromatic N) is 1. The molecule has 0 aromatic heterocycles. The molecule has 3 N–H and O–H groups in total. The van der Waals surface area contributed by atoms with E-state index in [1.165, 1.54) is 6.92 Å². The summed E-state index contributed by atoms with van der Waals surface area (Å²) >= 11 is 0. The van der Waals surface area contributed by atoms with E-state index in [4.69, 9.17) is 9.47 Å². The maximum Gasteiger partial charge on any atom is 0.231 e. The number of hydrogen-bond donors (Lipinski definition) is 3. The first-order chi connectivity index (χ1) is 10.7. The van der Waals surface area contributed by atoms with Crippen molar-refractivity contribution in [2.24, 2.45) is 4.99 Å². The van der Waals surface area contributed by atoms with E-state index >= 15 is 0 Å². The molecule has 1 aromatic carbocycles. The van der Waals surface area contributed by atoms with Crippen LogP contribution in [0.15, 0.2) is 23.2 Å². The number of hydrogen-bond acceptors (Lipinski definition) is 4. The zero-order valence-electron chi connectivity index (χ0n) is 13.3. The monoisotopic (exact) mass is 434 g/mol. The summed E-state index contributed by atoms with van der Waals surface area (Å²) in [5.74, 6) is 2.21. The number of nitrogens with one attached hydrogen (secondary N) is 3. The van der Waals surface area contributed by atoms with Gasteiger partial charge in [0.05, 0.1) is 6.54 Å². The predicted octanol–water partition coefficient (Wildman–Crippen LogP) is 1.22. The highest BCUT2D eigenvalue weighted by Gasteiger charge is 2.12. The van der Waals surface area contributed by atoms with Crippen molar-refractivity contribution < 1.29 is 14.3 Å². The van der Waals surface area contributed by atoms with Gasteiger partial charge in [-0.1, -0.05) is 6.07 Å². The average Bonchev–Trinajstić information content (AvgIpc) is 2.96. The summed E-state index contributed by atoms with van der Waals surface area (Å²) in [7, 11) is 0. The van der Waals surface area contributed by atoms with Crippen molar-refractivity contribution in [3.05, 3.63) is 23.8 Å². The number of amides is 1. The minimum absolute atomic E-state index is 0. The van der Waals surface area contributed by atoms with Crippen LogP contribution in [0.2, 0.25) is 0 Å². The van der Waals surface area contributed by atoms with Crippen LogP contribution in [-0.2, 0) is 11.3 Å². The zero-order chi connectivity index (χ0) is 15.8. The fourth-order valence-electron chi connectivity index (χ4n) is 1.97. The van der Waals surface area contributed by atoms with Gasteiger partial charge in [-0.25, -0.2) is 4.99 Å². The fraction of sp³-hybridized carbons (Fsp3) is 0.467. The molecule has 0 saturated carbocycles. The van der Waals surface area contributed by atoms with Crippen LogP contribution in [0.3, 0.4) is 0 Å². The Morgan fingerprint density at radius 2 is 1.91 bits per heavy atom. The van der Waals surface area contributed by atoms with Gasteiger partial charge >= 0.3 is 0 Å². The van der Waals surface area contributed by atoms with E-state index in [-0.39, 0.29) is 36.7 Å². The smallest absolute Gasteiger partial charge is 0.231 e. The number of guanidine groups is 1. The van der Waals surface area contributed by atoms with E-state index in [9.17, 15) is 4.79 Å². The molecule has 7 nitrogen and oxygen atoms in total. The lowest BCUT2D eigenvalue weighted by Gasteiger charge is -2.11. The first kappa shape index (κ1) is 19.3. The van der Waals surface area contributed by atoms with Crippen LogP contribution in [-0.4, -0.2) is 38.3 Å². The third-order valence-corrected chi connectivity index (χ3v) is 2.99. The molecule has 0 unspecified atom stereocenters. The Kier molecular flexibility index (Phi) is 8.52. The highest BCUT2D eigenvalue weighted by Crippen LogP contribution is 2.32. The van der Waals surface area contributed by atoms with Gasteiger partial charge in [0.1, 0.15) is 0 Å². The molecular weight excluding hydrogens is 411 g/mol. The molecule has 128 valence electrons. The van der Waals surface area contributed by atoms with Crippen LogP contribution in [0, 0.1) is 0 Å². The quantitative estimate of drug-likeness (QED) is 0.272. The minimum atomic E-state index is -0.0379. The molecule has 1 aliphatic heterocycles. The highest BCUT2D eigenvalue weighted by molar-refractivity contribution is 14.0. The maximum atomic E-state index is 10.8. The molecule has 0 atom stereocenters. The molecule has 0 fully saturated rings. The Balaban J connectivity index is 0.00000264. The van der Waals surface area contributed by atoms with Crippen LogP contribution in [0.4, 0.5) is 0 Å². The number of carbonyl (C=O) groups excluding carboxylic acids is 1. The van der Waals surface area contributed by atoms with Gasteiger partial charge in [-0.3, -0.25) is 4.79 Å². The minimum Gasteiger partial charge on any atom is -0.454 e. The van der Waals surface area contributed by atoms with Crippen molar-refractivity contribution in [3.63, 3.8) is 0 Å². The first-order valence-electron chi connectivity index (χ1n) is 7.34. The summed E-state index contributed by atoms with van der Waals surface area (Å²) < 4.78 is 10.6. The lowest BCUT2D eigenvalue weighted by Crippen LogP contribution is -2.41. The number of benzene rings is 1. The number of fused-ring (bicyclic) bond motifs is 1. The van der Waals surface area contributed by atoms with Crippen LogP contribution in [0.1, 0.15) is 19.4 Å². The fourth-order valence-corrected chi connectivity index (χ4v) is 1.97. The Bertz CT molecular complexity index is 552. The zero-order valence-corrected chi connectivity index (χ0v) is 15.7. The van der Waals surface area contributed by atoms with Crippen LogP contribution < -0.4 is 25.4 Å². The summed E-state index contributed by atoms with van der Waals surface area (Å²) in [5.41, 5.74) is 1.04. The van der Waals surface area contributed by atoms with Gasteiger partial charge in [0, 0.05) is 26.6 Å². The number of halogens is 1. The second-order valence-electron chi connectivity index (χ2n) is 4.79. The van der Waals surface area contributed by atoms with E-state index in [0.717, 1.165) is 23.6 Å². The Hall–Kier alpha value is -1.71. The lowest BCUT2D eigenvalue weighted by atomic mass is 10.2. The summed E-state index contributed by atoms with van der Waals surface area (Å²) in [6, 6.07) is 5.80. The Morgan fingerprint density at radius 1 is 1.17 bits per heavy atom. The molecule has 1 amide bonds. The normalized spacial score (nSPS) is 12.3. The van der Waals surface area contributed by atoms with Crippen molar-refractivity contribution in [3.8, 4) is 11.5 Å². The van der Waals surface area contributed by atoms with Crippen molar-refractivity contribution in [1.29, 1.82) is 0 Å². The third-order valence-electron chi connectivity index (χ3n) is 2.99. The molecular formula is C15H23IN4O3. The third kappa shape index (κ3) is 6.51. The standard InChI is InChI=1S/C15H22N4O3.HI/c1-3-16-15(18-7-6-17-11(2)20)19-9-12-4-5-13-14(8-12)22-10-21-13;/h4-5,8H,3,6-7,9-10H2,1-2H3,(H,17,20)(H2,16,18,19);1H. The van der Waals surface area contributed by atoms with Gasteiger partial charge in [0.25, 0.3) is 0 Å². The number of ether oxygens (including phenoxy) is 2. The maximum absolute atomic E-state index is 10.8. The van der Waals surface area contributed by atoms with Gasteiger partial charge < -0.3 is 25.4 Å². The first-order valence-corrected chi connectivity index (χ1v) is 7.34. The molecule has 1 aromatic rings. The molecule has 0 saturated heterocycles. The molecule has 0 aliphatic carbocycles. The molecule has 0 bridgehead atoms. The highest BCUT2D eigenvalue weighted by atomic mass is 127. The molecule has 23 heavy (non-hydrogen) atoms. The Morgan fingerprint density at radius 3 is 2.65 bits per heavy atom. The van der Waals surface area contributed by atoms with Gasteiger partial charge in [-0.2, -0.15) is 0 Å². The number of rotatable bonds is 6. The molecule has 0 radical (unpaired) electrons. The van der Waals surface area contributed by atoms with E-state index in [1.807, 2.05) is 25.1 Å². The summed E-state index contributed by atoms with van der Waals surface area (Å²) in [4.78, 5) is 15.3. The Labute approximate surface area is 153 Å². The average molecular weight is 434 g/mol. The molecule has 8 heteroatoms. The van der Waals surface area contributed by atoms with Crippen molar-refractivity contribution >= 4 is 35.8 Å². The van der Waals surface area contributed by atoms with Gasteiger partial charge in [-0.15, -0.1) is 24.0 Å². The molecule has 0 spiro atoms. The van der Waals surface area contributed by atoms with Crippen LogP contribution in [0.5, 0.6) is 11.5 Å². The van der Waals surface area contributed by atoms with Gasteiger partial charge in [0.2, 0.25) is 12.7 Å². The van der Waals surface area contributed by atoms with Crippen LogP contribution in [0.25, 0.3) is 0 Å². The van der Waals surface area contributed by atoms with Gasteiger partial charge in [0.15, 0.2) is 17.5 Å².